The van der Waals surface area contributed by atoms with Crippen LogP contribution in [0.25, 0.3) is 10.9 Å². The van der Waals surface area contributed by atoms with Gasteiger partial charge < -0.3 is 4.57 Å². The molecule has 0 aliphatic carbocycles. The van der Waals surface area contributed by atoms with E-state index in [1.807, 2.05) is 37.4 Å². The molecule has 1 aromatic carbocycles. The highest BCUT2D eigenvalue weighted by molar-refractivity contribution is 6.25. The highest BCUT2D eigenvalue weighted by Gasteiger charge is 2.02. The summed E-state index contributed by atoms with van der Waals surface area (Å²) >= 11 is 5.65. The van der Waals surface area contributed by atoms with Crippen molar-refractivity contribution in [2.45, 2.75) is 13.5 Å². The van der Waals surface area contributed by atoms with Gasteiger partial charge in [0.1, 0.15) is 6.29 Å². The minimum Gasteiger partial charge on any atom is -0.343 e. The van der Waals surface area contributed by atoms with Crippen molar-refractivity contribution in [1.82, 2.24) is 4.57 Å². The van der Waals surface area contributed by atoms with E-state index in [-0.39, 0.29) is 0 Å². The molecule has 2 rings (SSSR count). The number of aromatic nitrogens is 1. The second kappa shape index (κ2) is 4.54. The molecule has 0 radical (unpaired) electrons. The van der Waals surface area contributed by atoms with Gasteiger partial charge in [0.2, 0.25) is 0 Å². The number of carbonyl (C=O) groups is 1. The molecule has 0 aliphatic rings. The van der Waals surface area contributed by atoms with Crippen LogP contribution < -0.4 is 0 Å². The van der Waals surface area contributed by atoms with Crippen LogP contribution in [-0.2, 0) is 6.54 Å². The van der Waals surface area contributed by atoms with Crippen molar-refractivity contribution in [1.29, 1.82) is 0 Å². The van der Waals surface area contributed by atoms with Gasteiger partial charge in [0.25, 0.3) is 0 Å². The van der Waals surface area contributed by atoms with Crippen LogP contribution in [0, 0.1) is 0 Å². The molecule has 0 amide bonds. The molecule has 2 nitrogen and oxygen atoms in total. The molecule has 0 unspecified atom stereocenters. The first-order chi connectivity index (χ1) is 7.74. The Labute approximate surface area is 99.1 Å². The first-order valence-corrected chi connectivity index (χ1v) is 5.48. The van der Waals surface area contributed by atoms with E-state index in [9.17, 15) is 4.79 Å². The first-order valence-electron chi connectivity index (χ1n) is 5.04. The third-order valence-electron chi connectivity index (χ3n) is 2.54. The van der Waals surface area contributed by atoms with Crippen LogP contribution in [0.15, 0.2) is 41.6 Å². The summed E-state index contributed by atoms with van der Waals surface area (Å²) in [6, 6.07) is 7.68. The van der Waals surface area contributed by atoms with Crippen LogP contribution in [0.2, 0.25) is 0 Å². The van der Waals surface area contributed by atoms with Crippen LogP contribution in [0.4, 0.5) is 0 Å². The van der Waals surface area contributed by atoms with Gasteiger partial charge in [-0.2, -0.15) is 0 Å². The van der Waals surface area contributed by atoms with Crippen molar-refractivity contribution in [2.75, 3.05) is 0 Å². The lowest BCUT2D eigenvalue weighted by molar-refractivity contribution is 0.112. The van der Waals surface area contributed by atoms with E-state index in [2.05, 4.69) is 4.57 Å². The number of carbonyl (C=O) groups excluding carboxylic acids is 1. The van der Waals surface area contributed by atoms with Gasteiger partial charge >= 0.3 is 0 Å². The first kappa shape index (κ1) is 11.0. The van der Waals surface area contributed by atoms with Gasteiger partial charge in [0, 0.05) is 34.7 Å². The summed E-state index contributed by atoms with van der Waals surface area (Å²) in [5, 5.41) is 1.08. The Kier molecular flexibility index (Phi) is 3.11. The molecule has 1 heterocycles. The quantitative estimate of drug-likeness (QED) is 0.743. The largest absolute Gasteiger partial charge is 0.343 e. The molecule has 0 atom stereocenters. The molecule has 0 aliphatic heterocycles. The number of halogens is 1. The van der Waals surface area contributed by atoms with E-state index in [0.717, 1.165) is 29.3 Å². The summed E-state index contributed by atoms with van der Waals surface area (Å²) in [5.41, 5.74) is 4.50. The second-order valence-electron chi connectivity index (χ2n) is 3.84. The van der Waals surface area contributed by atoms with Gasteiger partial charge in [0.15, 0.2) is 0 Å². The topological polar surface area (TPSA) is 22.0 Å². The molecular formula is C13H12ClNO. The van der Waals surface area contributed by atoms with Gasteiger partial charge in [-0.1, -0.05) is 11.6 Å². The molecule has 2 aromatic rings. The number of benzene rings is 1. The Morgan fingerprint density at radius 3 is 2.94 bits per heavy atom. The summed E-state index contributed by atoms with van der Waals surface area (Å²) < 4.78 is 2.11. The zero-order chi connectivity index (χ0) is 11.5. The lowest BCUT2D eigenvalue weighted by Crippen LogP contribution is -1.96. The number of allylic oxidation sites excluding steroid dienone is 1. The van der Waals surface area contributed by atoms with Crippen LogP contribution in [0.3, 0.4) is 0 Å². The fourth-order valence-corrected chi connectivity index (χ4v) is 1.80. The molecule has 0 fully saturated rings. The Bertz CT molecular complexity index is 554. The number of aldehydes is 1. The third-order valence-corrected chi connectivity index (χ3v) is 2.91. The molecule has 0 saturated heterocycles. The molecule has 0 spiro atoms. The molecule has 0 N–H and O–H groups in total. The maximum Gasteiger partial charge on any atom is 0.150 e. The highest BCUT2D eigenvalue weighted by Crippen LogP contribution is 2.18. The van der Waals surface area contributed by atoms with E-state index >= 15 is 0 Å². The van der Waals surface area contributed by atoms with Gasteiger partial charge in [-0.05, 0) is 36.8 Å². The fourth-order valence-electron chi connectivity index (χ4n) is 1.73. The summed E-state index contributed by atoms with van der Waals surface area (Å²) in [6.07, 6.45) is 2.86. The normalized spacial score (nSPS) is 12.0. The maximum absolute atomic E-state index is 10.6. The number of hydrogen-bond acceptors (Lipinski definition) is 1. The Balaban J connectivity index is 2.45. The second-order valence-corrected chi connectivity index (χ2v) is 4.05. The van der Waals surface area contributed by atoms with Gasteiger partial charge in [0.05, 0.1) is 0 Å². The summed E-state index contributed by atoms with van der Waals surface area (Å²) in [7, 11) is 0. The third kappa shape index (κ3) is 2.02. The minimum atomic E-state index is 0.704. The molecule has 3 heteroatoms. The molecular weight excluding hydrogens is 222 g/mol. The molecule has 16 heavy (non-hydrogen) atoms. The number of fused-ring (bicyclic) bond motifs is 1. The summed E-state index contributed by atoms with van der Waals surface area (Å²) in [4.78, 5) is 10.6. The Morgan fingerprint density at radius 2 is 2.25 bits per heavy atom. The van der Waals surface area contributed by atoms with Gasteiger partial charge in [-0.15, -0.1) is 0 Å². The van der Waals surface area contributed by atoms with E-state index in [1.54, 1.807) is 5.54 Å². The van der Waals surface area contributed by atoms with Crippen LogP contribution in [0.5, 0.6) is 0 Å². The maximum atomic E-state index is 10.6. The van der Waals surface area contributed by atoms with Crippen molar-refractivity contribution in [2.24, 2.45) is 0 Å². The van der Waals surface area contributed by atoms with Crippen LogP contribution in [0.1, 0.15) is 17.3 Å². The van der Waals surface area contributed by atoms with Gasteiger partial charge in [-0.25, -0.2) is 0 Å². The monoisotopic (exact) mass is 233 g/mol. The minimum absolute atomic E-state index is 0.704. The zero-order valence-electron chi connectivity index (χ0n) is 8.98. The molecule has 0 saturated carbocycles. The van der Waals surface area contributed by atoms with Crippen molar-refractivity contribution in [3.05, 3.63) is 47.1 Å². The SMILES string of the molecule is C/C(=C/Cl)Cn1ccc2cc(C=O)ccc21. The van der Waals surface area contributed by atoms with E-state index in [0.29, 0.717) is 5.56 Å². The number of rotatable bonds is 3. The predicted octanol–water partition coefficient (Wildman–Crippen LogP) is 3.60. The molecule has 82 valence electrons. The Morgan fingerprint density at radius 1 is 1.44 bits per heavy atom. The highest BCUT2D eigenvalue weighted by atomic mass is 35.5. The lowest BCUT2D eigenvalue weighted by atomic mass is 10.2. The van der Waals surface area contributed by atoms with Crippen molar-refractivity contribution in [3.8, 4) is 0 Å². The van der Waals surface area contributed by atoms with E-state index in [1.165, 1.54) is 0 Å². The standard InChI is InChI=1S/C13H12ClNO/c1-10(7-14)8-15-5-4-12-6-11(9-16)2-3-13(12)15/h2-7,9H,8H2,1H3/b10-7-. The van der Waals surface area contributed by atoms with Gasteiger partial charge in [-0.3, -0.25) is 4.79 Å². The van der Waals surface area contributed by atoms with E-state index < -0.39 is 0 Å². The summed E-state index contributed by atoms with van der Waals surface area (Å²) in [5.74, 6) is 0. The van der Waals surface area contributed by atoms with Crippen LogP contribution >= 0.6 is 11.6 Å². The summed E-state index contributed by atoms with van der Waals surface area (Å²) in [6.45, 7) is 2.76. The number of hydrogen-bond donors (Lipinski definition) is 0. The smallest absolute Gasteiger partial charge is 0.150 e. The van der Waals surface area contributed by atoms with Crippen LogP contribution in [-0.4, -0.2) is 10.9 Å². The average Bonchev–Trinajstić information content (AvgIpc) is 2.71. The number of nitrogens with zero attached hydrogens (tertiary/aromatic N) is 1. The zero-order valence-corrected chi connectivity index (χ0v) is 9.74. The lowest BCUT2D eigenvalue weighted by Gasteiger charge is -2.04. The van der Waals surface area contributed by atoms with E-state index in [4.69, 9.17) is 11.6 Å². The Hall–Kier alpha value is -1.54. The van der Waals surface area contributed by atoms with Crippen molar-refractivity contribution >= 4 is 28.8 Å². The van der Waals surface area contributed by atoms with Crippen molar-refractivity contribution in [3.63, 3.8) is 0 Å². The fraction of sp³-hybridized carbons (Fsp3) is 0.154. The molecule has 1 aromatic heterocycles. The predicted molar refractivity (Wildman–Crippen MR) is 66.9 cm³/mol. The van der Waals surface area contributed by atoms with Crippen molar-refractivity contribution < 1.29 is 4.79 Å². The molecule has 0 bridgehead atoms. The average molecular weight is 234 g/mol.